The van der Waals surface area contributed by atoms with E-state index in [4.69, 9.17) is 9.97 Å². The maximum absolute atomic E-state index is 5.28. The van der Waals surface area contributed by atoms with Gasteiger partial charge in [0.15, 0.2) is 5.82 Å². The summed E-state index contributed by atoms with van der Waals surface area (Å²) in [6.07, 6.45) is 0. The largest absolute Gasteiger partial charge is 0.228 e. The van der Waals surface area contributed by atoms with E-state index in [1.165, 1.54) is 76.8 Å². The van der Waals surface area contributed by atoms with Crippen molar-refractivity contribution in [2.45, 2.75) is 19.3 Å². The molecule has 1 aliphatic carbocycles. The minimum absolute atomic E-state index is 0.112. The molecule has 11 rings (SSSR count). The number of aromatic nitrogens is 2. The summed E-state index contributed by atoms with van der Waals surface area (Å²) in [5, 5.41) is 7.42. The van der Waals surface area contributed by atoms with Crippen LogP contribution in [0.2, 0.25) is 0 Å². The molecule has 0 unspecified atom stereocenters. The fraction of sp³-hybridized carbons (Fsp3) is 0.0545. The van der Waals surface area contributed by atoms with Crippen molar-refractivity contribution in [3.8, 4) is 67.3 Å². The smallest absolute Gasteiger partial charge is 0.160 e. The molecule has 0 saturated heterocycles. The number of hydrogen-bond donors (Lipinski definition) is 0. The van der Waals surface area contributed by atoms with Crippen molar-refractivity contribution >= 4 is 32.3 Å². The van der Waals surface area contributed by atoms with Crippen LogP contribution in [0.25, 0.3) is 99.6 Å². The SMILES string of the molecule is CC1(C)c2cc3ccccc3cc2-c2c(-c3ccc(-c4cc(-c5ccc(-c6cccc7ccccc67)cc5)nc(-c5ccccc5)n4)c4ccccc34)cccc21. The first kappa shape index (κ1) is 33.2. The van der Waals surface area contributed by atoms with E-state index >= 15 is 0 Å². The molecule has 0 atom stereocenters. The summed E-state index contributed by atoms with van der Waals surface area (Å²) in [5.74, 6) is 0.710. The van der Waals surface area contributed by atoms with Crippen LogP contribution in [-0.4, -0.2) is 9.97 Å². The number of fused-ring (bicyclic) bond motifs is 6. The number of rotatable bonds is 5. The third-order valence-corrected chi connectivity index (χ3v) is 12.1. The molecule has 0 spiro atoms. The lowest BCUT2D eigenvalue weighted by molar-refractivity contribution is 0.661. The second-order valence-electron chi connectivity index (χ2n) is 15.7. The zero-order valence-electron chi connectivity index (χ0n) is 31.9. The Morgan fingerprint density at radius 3 is 1.70 bits per heavy atom. The van der Waals surface area contributed by atoms with E-state index in [0.717, 1.165) is 28.1 Å². The van der Waals surface area contributed by atoms with Crippen LogP contribution in [0.3, 0.4) is 0 Å². The zero-order valence-corrected chi connectivity index (χ0v) is 31.9. The van der Waals surface area contributed by atoms with Gasteiger partial charge in [0.2, 0.25) is 0 Å². The molecule has 0 amide bonds. The summed E-state index contributed by atoms with van der Waals surface area (Å²) >= 11 is 0. The molecule has 10 aromatic rings. The van der Waals surface area contributed by atoms with Crippen molar-refractivity contribution < 1.29 is 0 Å². The van der Waals surface area contributed by atoms with Crippen LogP contribution in [0.1, 0.15) is 25.0 Å². The molecule has 1 aliphatic rings. The molecule has 0 bridgehead atoms. The standard InChI is InChI=1S/C55H38N2/c1-55(2)49-25-13-24-47(53(49)48-32-39-17-6-7-18-40(39)33-50(48)55)45-30-31-46(44-22-11-10-21-43(44)45)52-34-51(56-54(57-52)38-15-4-3-5-16-38)37-28-26-36(27-29-37)42-23-12-19-35-14-8-9-20-41(35)42/h3-34H,1-2H3. The molecule has 268 valence electrons. The maximum Gasteiger partial charge on any atom is 0.160 e. The van der Waals surface area contributed by atoms with Gasteiger partial charge in [-0.05, 0) is 95.0 Å². The first-order chi connectivity index (χ1) is 28.0. The highest BCUT2D eigenvalue weighted by Crippen LogP contribution is 2.54. The average Bonchev–Trinajstić information content (AvgIpc) is 3.50. The minimum Gasteiger partial charge on any atom is -0.228 e. The molecule has 57 heavy (non-hydrogen) atoms. The molecular formula is C55H38N2. The topological polar surface area (TPSA) is 25.8 Å². The van der Waals surface area contributed by atoms with Crippen LogP contribution < -0.4 is 0 Å². The monoisotopic (exact) mass is 726 g/mol. The van der Waals surface area contributed by atoms with Crippen molar-refractivity contribution in [3.63, 3.8) is 0 Å². The molecule has 1 aromatic heterocycles. The van der Waals surface area contributed by atoms with Gasteiger partial charge in [0.1, 0.15) is 0 Å². The Morgan fingerprint density at radius 2 is 0.912 bits per heavy atom. The molecule has 0 fully saturated rings. The van der Waals surface area contributed by atoms with E-state index in [1.807, 2.05) is 6.07 Å². The van der Waals surface area contributed by atoms with E-state index in [2.05, 4.69) is 202 Å². The Hall–Kier alpha value is -7.16. The van der Waals surface area contributed by atoms with Gasteiger partial charge in [-0.15, -0.1) is 0 Å². The van der Waals surface area contributed by atoms with Crippen molar-refractivity contribution in [1.29, 1.82) is 0 Å². The summed E-state index contributed by atoms with van der Waals surface area (Å²) in [7, 11) is 0. The minimum atomic E-state index is -0.112. The van der Waals surface area contributed by atoms with Crippen molar-refractivity contribution in [1.82, 2.24) is 9.97 Å². The Bertz CT molecular complexity index is 3190. The second-order valence-corrected chi connectivity index (χ2v) is 15.7. The highest BCUT2D eigenvalue weighted by molar-refractivity contribution is 6.09. The summed E-state index contributed by atoms with van der Waals surface area (Å²) in [6.45, 7) is 4.73. The van der Waals surface area contributed by atoms with E-state index in [9.17, 15) is 0 Å². The molecular weight excluding hydrogens is 689 g/mol. The van der Waals surface area contributed by atoms with Gasteiger partial charge in [0.25, 0.3) is 0 Å². The van der Waals surface area contributed by atoms with Crippen LogP contribution in [-0.2, 0) is 5.41 Å². The fourth-order valence-corrected chi connectivity index (χ4v) is 9.20. The van der Waals surface area contributed by atoms with E-state index in [-0.39, 0.29) is 5.41 Å². The van der Waals surface area contributed by atoms with Crippen LogP contribution in [0.5, 0.6) is 0 Å². The van der Waals surface area contributed by atoms with Gasteiger partial charge < -0.3 is 0 Å². The van der Waals surface area contributed by atoms with Gasteiger partial charge in [-0.25, -0.2) is 9.97 Å². The Morgan fingerprint density at radius 1 is 0.333 bits per heavy atom. The van der Waals surface area contributed by atoms with E-state index in [0.29, 0.717) is 5.82 Å². The van der Waals surface area contributed by atoms with Crippen LogP contribution in [0, 0.1) is 0 Å². The first-order valence-electron chi connectivity index (χ1n) is 19.7. The van der Waals surface area contributed by atoms with Crippen LogP contribution in [0.15, 0.2) is 194 Å². The van der Waals surface area contributed by atoms with Crippen LogP contribution in [0.4, 0.5) is 0 Å². The highest BCUT2D eigenvalue weighted by Gasteiger charge is 2.37. The summed E-state index contributed by atoms with van der Waals surface area (Å²) in [6, 6.07) is 70.1. The molecule has 1 heterocycles. The average molecular weight is 727 g/mol. The van der Waals surface area contributed by atoms with Gasteiger partial charge in [-0.1, -0.05) is 190 Å². The molecule has 9 aromatic carbocycles. The number of hydrogen-bond acceptors (Lipinski definition) is 2. The molecule has 2 nitrogen and oxygen atoms in total. The summed E-state index contributed by atoms with van der Waals surface area (Å²) in [4.78, 5) is 10.5. The Kier molecular flexibility index (Phi) is 7.55. The Balaban J connectivity index is 1.07. The Labute approximate surface area is 332 Å². The quantitative estimate of drug-likeness (QED) is 0.176. The molecule has 0 saturated carbocycles. The van der Waals surface area contributed by atoms with Gasteiger partial charge >= 0.3 is 0 Å². The van der Waals surface area contributed by atoms with E-state index in [1.54, 1.807) is 0 Å². The van der Waals surface area contributed by atoms with Crippen molar-refractivity contribution in [3.05, 3.63) is 205 Å². The van der Waals surface area contributed by atoms with Gasteiger partial charge in [0.05, 0.1) is 11.4 Å². The zero-order chi connectivity index (χ0) is 38.1. The lowest BCUT2D eigenvalue weighted by atomic mass is 9.81. The summed E-state index contributed by atoms with van der Waals surface area (Å²) in [5.41, 5.74) is 15.1. The lowest BCUT2D eigenvalue weighted by Crippen LogP contribution is -2.14. The number of nitrogens with zero attached hydrogens (tertiary/aromatic N) is 2. The molecule has 2 heteroatoms. The lowest BCUT2D eigenvalue weighted by Gasteiger charge is -2.22. The van der Waals surface area contributed by atoms with E-state index < -0.39 is 0 Å². The van der Waals surface area contributed by atoms with Crippen molar-refractivity contribution in [2.75, 3.05) is 0 Å². The van der Waals surface area contributed by atoms with Crippen molar-refractivity contribution in [2.24, 2.45) is 0 Å². The summed E-state index contributed by atoms with van der Waals surface area (Å²) < 4.78 is 0. The predicted octanol–water partition coefficient (Wildman–Crippen LogP) is 14.6. The fourth-order valence-electron chi connectivity index (χ4n) is 9.20. The molecule has 0 radical (unpaired) electrons. The van der Waals surface area contributed by atoms with Gasteiger partial charge in [0, 0.05) is 22.1 Å². The van der Waals surface area contributed by atoms with Gasteiger partial charge in [-0.2, -0.15) is 0 Å². The van der Waals surface area contributed by atoms with Crippen LogP contribution >= 0.6 is 0 Å². The second kappa shape index (κ2) is 13.0. The first-order valence-corrected chi connectivity index (χ1v) is 19.7. The maximum atomic E-state index is 5.28. The highest BCUT2D eigenvalue weighted by atomic mass is 14.9. The number of benzene rings is 9. The molecule has 0 N–H and O–H groups in total. The third kappa shape index (κ3) is 5.40. The third-order valence-electron chi connectivity index (χ3n) is 12.1. The van der Waals surface area contributed by atoms with Gasteiger partial charge in [-0.3, -0.25) is 0 Å². The molecule has 0 aliphatic heterocycles. The predicted molar refractivity (Wildman–Crippen MR) is 239 cm³/mol. The normalized spacial score (nSPS) is 12.9.